The van der Waals surface area contributed by atoms with E-state index in [1.807, 2.05) is 44.2 Å². The molecule has 4 nitrogen and oxygen atoms in total. The minimum atomic E-state index is -0.167. The van der Waals surface area contributed by atoms with Crippen molar-refractivity contribution in [1.29, 1.82) is 0 Å². The van der Waals surface area contributed by atoms with Gasteiger partial charge in [-0.1, -0.05) is 32.0 Å². The molecule has 0 unspecified atom stereocenters. The van der Waals surface area contributed by atoms with Gasteiger partial charge >= 0.3 is 0 Å². The minimum Gasteiger partial charge on any atom is -0.490 e. The number of para-hydroxylation sites is 1. The Hall–Kier alpha value is -2.49. The molecule has 0 bridgehead atoms. The number of benzene rings is 2. The summed E-state index contributed by atoms with van der Waals surface area (Å²) in [7, 11) is 0. The van der Waals surface area contributed by atoms with Crippen molar-refractivity contribution in [2.75, 3.05) is 18.5 Å². The highest BCUT2D eigenvalue weighted by Crippen LogP contribution is 2.29. The zero-order valence-electron chi connectivity index (χ0n) is 13.7. The molecule has 23 heavy (non-hydrogen) atoms. The third-order valence-corrected chi connectivity index (χ3v) is 3.16. The third-order valence-electron chi connectivity index (χ3n) is 3.16. The van der Waals surface area contributed by atoms with Gasteiger partial charge in [-0.15, -0.1) is 0 Å². The second-order valence-electron chi connectivity index (χ2n) is 5.18. The van der Waals surface area contributed by atoms with Crippen LogP contribution in [-0.2, 0) is 0 Å². The lowest BCUT2D eigenvalue weighted by Crippen LogP contribution is -2.12. The van der Waals surface area contributed by atoms with Gasteiger partial charge in [0.25, 0.3) is 5.91 Å². The summed E-state index contributed by atoms with van der Waals surface area (Å²) in [4.78, 5) is 12.4. The molecule has 0 saturated carbocycles. The van der Waals surface area contributed by atoms with Crippen LogP contribution in [0.25, 0.3) is 0 Å². The molecule has 0 radical (unpaired) electrons. The molecule has 0 saturated heterocycles. The predicted octanol–water partition coefficient (Wildman–Crippen LogP) is 4.52. The number of carbonyl (C=O) groups is 1. The Balaban J connectivity index is 2.16. The van der Waals surface area contributed by atoms with Gasteiger partial charge in [0, 0.05) is 11.3 Å². The Bertz CT molecular complexity index is 626. The molecule has 1 amide bonds. The fourth-order valence-corrected chi connectivity index (χ4v) is 2.03. The standard InChI is InChI=1S/C19H23NO3/c1-3-12-22-17-11-10-15(14-18(17)23-13-4-2)19(21)20-16-8-6-5-7-9-16/h5-11,14H,3-4,12-13H2,1-2H3,(H,20,21). The van der Waals surface area contributed by atoms with E-state index in [1.54, 1.807) is 18.2 Å². The first-order chi connectivity index (χ1) is 11.2. The molecule has 122 valence electrons. The molecule has 0 aliphatic heterocycles. The van der Waals surface area contributed by atoms with Gasteiger partial charge in [0.05, 0.1) is 13.2 Å². The first-order valence-corrected chi connectivity index (χ1v) is 8.00. The van der Waals surface area contributed by atoms with Gasteiger partial charge < -0.3 is 14.8 Å². The van der Waals surface area contributed by atoms with Crippen LogP contribution in [0.1, 0.15) is 37.0 Å². The van der Waals surface area contributed by atoms with Crippen LogP contribution in [0, 0.1) is 0 Å². The number of ether oxygens (including phenoxy) is 2. The molecule has 1 N–H and O–H groups in total. The van der Waals surface area contributed by atoms with E-state index in [9.17, 15) is 4.79 Å². The van der Waals surface area contributed by atoms with Gasteiger partial charge in [-0.25, -0.2) is 0 Å². The number of hydrogen-bond acceptors (Lipinski definition) is 3. The van der Waals surface area contributed by atoms with Crippen molar-refractivity contribution in [2.24, 2.45) is 0 Å². The van der Waals surface area contributed by atoms with Gasteiger partial charge in [0.1, 0.15) is 0 Å². The molecular weight excluding hydrogens is 290 g/mol. The smallest absolute Gasteiger partial charge is 0.255 e. The second kappa shape index (κ2) is 8.83. The van der Waals surface area contributed by atoms with E-state index in [2.05, 4.69) is 5.32 Å². The number of amides is 1. The Morgan fingerprint density at radius 1 is 0.913 bits per heavy atom. The lowest BCUT2D eigenvalue weighted by Gasteiger charge is -2.13. The molecule has 0 spiro atoms. The van der Waals surface area contributed by atoms with E-state index >= 15 is 0 Å². The Kier molecular flexibility index (Phi) is 6.48. The number of hydrogen-bond donors (Lipinski definition) is 1. The van der Waals surface area contributed by atoms with Crippen molar-refractivity contribution in [3.05, 3.63) is 54.1 Å². The largest absolute Gasteiger partial charge is 0.490 e. The van der Waals surface area contributed by atoms with Crippen LogP contribution in [0.5, 0.6) is 11.5 Å². The highest BCUT2D eigenvalue weighted by molar-refractivity contribution is 6.04. The maximum Gasteiger partial charge on any atom is 0.255 e. The summed E-state index contributed by atoms with van der Waals surface area (Å²) in [6.45, 7) is 5.30. The summed E-state index contributed by atoms with van der Waals surface area (Å²) in [5.41, 5.74) is 1.31. The summed E-state index contributed by atoms with van der Waals surface area (Å²) >= 11 is 0. The van der Waals surface area contributed by atoms with E-state index in [0.29, 0.717) is 30.3 Å². The fourth-order valence-electron chi connectivity index (χ4n) is 2.03. The lowest BCUT2D eigenvalue weighted by atomic mass is 10.1. The van der Waals surface area contributed by atoms with Crippen molar-refractivity contribution in [1.82, 2.24) is 0 Å². The zero-order valence-corrected chi connectivity index (χ0v) is 13.7. The SMILES string of the molecule is CCCOc1ccc(C(=O)Nc2ccccc2)cc1OCCC. The summed E-state index contributed by atoms with van der Waals surface area (Å²) in [6, 6.07) is 14.7. The van der Waals surface area contributed by atoms with Crippen LogP contribution < -0.4 is 14.8 Å². The van der Waals surface area contributed by atoms with E-state index in [0.717, 1.165) is 18.5 Å². The molecule has 2 aromatic rings. The second-order valence-corrected chi connectivity index (χ2v) is 5.18. The molecule has 2 aromatic carbocycles. The third kappa shape index (κ3) is 5.02. The van der Waals surface area contributed by atoms with Crippen molar-refractivity contribution < 1.29 is 14.3 Å². The first-order valence-electron chi connectivity index (χ1n) is 8.00. The number of rotatable bonds is 8. The Morgan fingerprint density at radius 2 is 1.57 bits per heavy atom. The Labute approximate surface area is 137 Å². The zero-order chi connectivity index (χ0) is 16.5. The predicted molar refractivity (Wildman–Crippen MR) is 92.4 cm³/mol. The minimum absolute atomic E-state index is 0.167. The molecular formula is C19H23NO3. The van der Waals surface area contributed by atoms with Crippen LogP contribution >= 0.6 is 0 Å². The topological polar surface area (TPSA) is 47.6 Å². The number of nitrogens with one attached hydrogen (secondary N) is 1. The van der Waals surface area contributed by atoms with Crippen LogP contribution in [-0.4, -0.2) is 19.1 Å². The average Bonchev–Trinajstić information content (AvgIpc) is 2.59. The molecule has 0 aliphatic carbocycles. The van der Waals surface area contributed by atoms with Crippen molar-refractivity contribution in [2.45, 2.75) is 26.7 Å². The maximum atomic E-state index is 12.4. The maximum absolute atomic E-state index is 12.4. The van der Waals surface area contributed by atoms with E-state index < -0.39 is 0 Å². The molecule has 0 aliphatic rings. The first kappa shape index (κ1) is 16.9. The molecule has 0 heterocycles. The Morgan fingerprint density at radius 3 is 2.22 bits per heavy atom. The van der Waals surface area contributed by atoms with Crippen molar-refractivity contribution in [3.8, 4) is 11.5 Å². The highest BCUT2D eigenvalue weighted by atomic mass is 16.5. The van der Waals surface area contributed by atoms with Gasteiger partial charge in [-0.3, -0.25) is 4.79 Å². The lowest BCUT2D eigenvalue weighted by molar-refractivity contribution is 0.102. The monoisotopic (exact) mass is 313 g/mol. The van der Waals surface area contributed by atoms with Crippen LogP contribution in [0.15, 0.2) is 48.5 Å². The normalized spacial score (nSPS) is 10.2. The number of anilines is 1. The highest BCUT2D eigenvalue weighted by Gasteiger charge is 2.12. The summed E-state index contributed by atoms with van der Waals surface area (Å²) in [6.07, 6.45) is 1.82. The van der Waals surface area contributed by atoms with Gasteiger partial charge in [-0.2, -0.15) is 0 Å². The van der Waals surface area contributed by atoms with Crippen LogP contribution in [0.2, 0.25) is 0 Å². The average molecular weight is 313 g/mol. The van der Waals surface area contributed by atoms with Crippen molar-refractivity contribution in [3.63, 3.8) is 0 Å². The quantitative estimate of drug-likeness (QED) is 0.779. The molecule has 2 rings (SSSR count). The van der Waals surface area contributed by atoms with Gasteiger partial charge in [0.2, 0.25) is 0 Å². The molecule has 0 aromatic heterocycles. The molecule has 4 heteroatoms. The van der Waals surface area contributed by atoms with Crippen molar-refractivity contribution >= 4 is 11.6 Å². The summed E-state index contributed by atoms with van der Waals surface area (Å²) in [5.74, 6) is 1.12. The summed E-state index contributed by atoms with van der Waals surface area (Å²) in [5, 5.41) is 2.87. The van der Waals surface area contributed by atoms with Gasteiger partial charge in [0.15, 0.2) is 11.5 Å². The van der Waals surface area contributed by atoms with E-state index in [-0.39, 0.29) is 5.91 Å². The summed E-state index contributed by atoms with van der Waals surface area (Å²) < 4.78 is 11.4. The fraction of sp³-hybridized carbons (Fsp3) is 0.316. The van der Waals surface area contributed by atoms with E-state index in [4.69, 9.17) is 9.47 Å². The molecule has 0 atom stereocenters. The van der Waals surface area contributed by atoms with Crippen LogP contribution in [0.3, 0.4) is 0 Å². The molecule has 0 fully saturated rings. The van der Waals surface area contributed by atoms with E-state index in [1.165, 1.54) is 0 Å². The van der Waals surface area contributed by atoms with Crippen LogP contribution in [0.4, 0.5) is 5.69 Å². The van der Waals surface area contributed by atoms with Gasteiger partial charge in [-0.05, 0) is 43.2 Å². The number of carbonyl (C=O) groups excluding carboxylic acids is 1.